The van der Waals surface area contributed by atoms with E-state index in [1.54, 1.807) is 0 Å². The Hall–Kier alpha value is -7.70. The lowest BCUT2D eigenvalue weighted by Gasteiger charge is -2.33. The summed E-state index contributed by atoms with van der Waals surface area (Å²) in [4.78, 5) is 15.4. The number of benzene rings is 6. The second kappa shape index (κ2) is 17.5. The second-order valence-electron chi connectivity index (χ2n) is 17.4. The number of allylic oxidation sites excluding steroid dienone is 8. The highest BCUT2D eigenvalue weighted by molar-refractivity contribution is 6.14. The summed E-state index contributed by atoms with van der Waals surface area (Å²) < 4.78 is 2.48. The van der Waals surface area contributed by atoms with Crippen LogP contribution < -0.4 is 15.1 Å². The van der Waals surface area contributed by atoms with Crippen LogP contribution in [-0.2, 0) is 0 Å². The van der Waals surface area contributed by atoms with Crippen molar-refractivity contribution >= 4 is 61.9 Å². The number of hydrogen-bond donors (Lipinski definition) is 1. The highest BCUT2D eigenvalue weighted by Crippen LogP contribution is 2.43. The average molecular weight is 845 g/mol. The number of fused-ring (bicyclic) bond motifs is 3. The molecule has 11 rings (SSSR count). The zero-order valence-corrected chi connectivity index (χ0v) is 36.9. The standard InChI is InChI=1S/C59H52N6/c1-41-37-51(38-42(2)56(41)59-61-57(43-21-9-3-10-22-43)60-58(62-59)44-23-11-4-12-24-44)65-54-35-33-49(63(45-25-13-5-14-26-45)46-27-15-6-16-28-46)39-52(54)53-40-50(34-36-55(53)65)64(47-29-17-7-18-30-47)48-31-19-8-20-32-48/h3-7,9-19,21-27,29-41,46,56-57H,8,20,28H2,1-2H3,(H,60,61,62). The maximum Gasteiger partial charge on any atom is 0.169 e. The van der Waals surface area contributed by atoms with E-state index >= 15 is 0 Å². The smallest absolute Gasteiger partial charge is 0.169 e. The minimum absolute atomic E-state index is 0.0405. The van der Waals surface area contributed by atoms with E-state index < -0.39 is 0 Å². The Kier molecular flexibility index (Phi) is 10.8. The molecule has 0 saturated heterocycles. The second-order valence-corrected chi connectivity index (χ2v) is 17.4. The lowest BCUT2D eigenvalue weighted by atomic mass is 9.81. The van der Waals surface area contributed by atoms with E-state index in [0.29, 0.717) is 0 Å². The Morgan fingerprint density at radius 1 is 0.646 bits per heavy atom. The third-order valence-corrected chi connectivity index (χ3v) is 13.1. The largest absolute Gasteiger partial charge is 0.334 e. The number of hydrogen-bond acceptors (Lipinski definition) is 5. The van der Waals surface area contributed by atoms with Crippen molar-refractivity contribution in [2.45, 2.75) is 45.3 Å². The van der Waals surface area contributed by atoms with Gasteiger partial charge in [-0.1, -0.05) is 152 Å². The van der Waals surface area contributed by atoms with Crippen LogP contribution in [0, 0.1) is 11.8 Å². The summed E-state index contributed by atoms with van der Waals surface area (Å²) in [6, 6.07) is 56.7. The first kappa shape index (κ1) is 40.1. The lowest BCUT2D eigenvalue weighted by Crippen LogP contribution is -2.42. The van der Waals surface area contributed by atoms with Crippen LogP contribution in [0.2, 0.25) is 0 Å². The van der Waals surface area contributed by atoms with Gasteiger partial charge >= 0.3 is 0 Å². The molecule has 4 aliphatic rings. The first-order valence-corrected chi connectivity index (χ1v) is 23.0. The summed E-state index contributed by atoms with van der Waals surface area (Å²) >= 11 is 0. The molecule has 1 N–H and O–H groups in total. The number of nitrogens with zero attached hydrogens (tertiary/aromatic N) is 5. The van der Waals surface area contributed by atoms with Gasteiger partial charge in [-0.25, -0.2) is 9.98 Å². The highest BCUT2D eigenvalue weighted by atomic mass is 15.2. The minimum atomic E-state index is -0.334. The van der Waals surface area contributed by atoms with Crippen molar-refractivity contribution in [3.05, 3.63) is 235 Å². The van der Waals surface area contributed by atoms with Crippen LogP contribution in [0.1, 0.15) is 50.4 Å². The molecule has 0 saturated carbocycles. The number of aliphatic imine (C=N–C) groups is 2. The number of anilines is 4. The molecule has 0 spiro atoms. The van der Waals surface area contributed by atoms with E-state index in [4.69, 9.17) is 9.98 Å². The molecule has 65 heavy (non-hydrogen) atoms. The molecule has 7 aromatic rings. The van der Waals surface area contributed by atoms with Gasteiger partial charge in [0.05, 0.1) is 17.1 Å². The summed E-state index contributed by atoms with van der Waals surface area (Å²) in [5, 5.41) is 6.14. The van der Waals surface area contributed by atoms with Gasteiger partial charge in [0.2, 0.25) is 0 Å². The molecule has 4 atom stereocenters. The Labute approximate surface area is 382 Å². The molecule has 0 bridgehead atoms. The number of rotatable bonds is 10. The van der Waals surface area contributed by atoms with Gasteiger partial charge in [0, 0.05) is 56.4 Å². The van der Waals surface area contributed by atoms with E-state index in [-0.39, 0.29) is 24.0 Å². The minimum Gasteiger partial charge on any atom is -0.334 e. The van der Waals surface area contributed by atoms with E-state index in [0.717, 1.165) is 59.1 Å². The first-order chi connectivity index (χ1) is 32.1. The molecule has 0 fully saturated rings. The third kappa shape index (κ3) is 7.76. The van der Waals surface area contributed by atoms with Gasteiger partial charge in [-0.15, -0.1) is 0 Å². The van der Waals surface area contributed by atoms with E-state index in [9.17, 15) is 0 Å². The predicted octanol–water partition coefficient (Wildman–Crippen LogP) is 14.4. The van der Waals surface area contributed by atoms with Crippen molar-refractivity contribution in [3.63, 3.8) is 0 Å². The molecule has 0 radical (unpaired) electrons. The third-order valence-electron chi connectivity index (χ3n) is 13.1. The van der Waals surface area contributed by atoms with Crippen LogP contribution in [0.5, 0.6) is 0 Å². The fourth-order valence-corrected chi connectivity index (χ4v) is 10.1. The maximum absolute atomic E-state index is 5.33. The number of amidine groups is 2. The lowest BCUT2D eigenvalue weighted by molar-refractivity contribution is 0.583. The Morgan fingerprint density at radius 3 is 1.97 bits per heavy atom. The van der Waals surface area contributed by atoms with Crippen LogP contribution in [-0.4, -0.2) is 22.3 Å². The molecule has 6 aromatic carbocycles. The van der Waals surface area contributed by atoms with Crippen LogP contribution in [0.15, 0.2) is 234 Å². The quantitative estimate of drug-likeness (QED) is 0.149. The topological polar surface area (TPSA) is 48.2 Å². The van der Waals surface area contributed by atoms with Crippen molar-refractivity contribution < 1.29 is 0 Å². The van der Waals surface area contributed by atoms with Crippen molar-refractivity contribution in [2.24, 2.45) is 21.8 Å². The van der Waals surface area contributed by atoms with Crippen molar-refractivity contribution in [1.82, 2.24) is 9.88 Å². The Balaban J connectivity index is 1.05. The summed E-state index contributed by atoms with van der Waals surface area (Å²) in [7, 11) is 0. The molecular weight excluding hydrogens is 793 g/mol. The summed E-state index contributed by atoms with van der Waals surface area (Å²) in [6.07, 6.45) is 23.4. The van der Waals surface area contributed by atoms with Crippen molar-refractivity contribution in [1.29, 1.82) is 0 Å². The molecule has 6 heteroatoms. The SMILES string of the molecule is CC1=CC(n2c3ccc(N(C4=CCCC=C4)c4ccccc4)cc3c3cc(N(c4ccccc4)C4C=CC=CC4)ccc32)=CC(C)C1C1=NC(c2ccccc2)N=C(c2ccccc2)N1. The molecule has 1 aromatic heterocycles. The predicted molar refractivity (Wildman–Crippen MR) is 273 cm³/mol. The molecule has 318 valence electrons. The van der Waals surface area contributed by atoms with Crippen LogP contribution in [0.25, 0.3) is 27.5 Å². The monoisotopic (exact) mass is 844 g/mol. The van der Waals surface area contributed by atoms with E-state index in [1.165, 1.54) is 44.5 Å². The zero-order chi connectivity index (χ0) is 43.7. The van der Waals surface area contributed by atoms with Gasteiger partial charge in [0.25, 0.3) is 0 Å². The molecule has 2 heterocycles. The van der Waals surface area contributed by atoms with Crippen LogP contribution in [0.4, 0.5) is 22.7 Å². The molecule has 1 aliphatic heterocycles. The summed E-state index contributed by atoms with van der Waals surface area (Å²) in [6.45, 7) is 4.59. The molecule has 4 unspecified atom stereocenters. The van der Waals surface area contributed by atoms with Gasteiger partial charge in [0.15, 0.2) is 6.17 Å². The van der Waals surface area contributed by atoms with Gasteiger partial charge < -0.3 is 19.7 Å². The maximum atomic E-state index is 5.33. The summed E-state index contributed by atoms with van der Waals surface area (Å²) in [5.74, 6) is 1.97. The van der Waals surface area contributed by atoms with Crippen molar-refractivity contribution in [2.75, 3.05) is 9.80 Å². The Bertz CT molecular complexity index is 3130. The van der Waals surface area contributed by atoms with Gasteiger partial charge in [-0.05, 0) is 110 Å². The van der Waals surface area contributed by atoms with Crippen LogP contribution in [0.3, 0.4) is 0 Å². The normalized spacial score (nSPS) is 20.4. The van der Waals surface area contributed by atoms with E-state index in [1.807, 2.05) is 12.1 Å². The summed E-state index contributed by atoms with van der Waals surface area (Å²) in [5.41, 5.74) is 12.7. The molecule has 6 nitrogen and oxygen atoms in total. The molecule has 0 amide bonds. The fraction of sp³-hybridized carbons (Fsp3) is 0.153. The molecule has 3 aliphatic carbocycles. The first-order valence-electron chi connectivity index (χ1n) is 23.0. The number of aromatic nitrogens is 1. The average Bonchev–Trinajstić information content (AvgIpc) is 3.69. The molecular formula is C59H52N6. The van der Waals surface area contributed by atoms with Gasteiger partial charge in [-0.2, -0.15) is 0 Å². The Morgan fingerprint density at radius 2 is 1.31 bits per heavy atom. The fourth-order valence-electron chi connectivity index (χ4n) is 10.1. The van der Waals surface area contributed by atoms with Gasteiger partial charge in [-0.3, -0.25) is 0 Å². The highest BCUT2D eigenvalue weighted by Gasteiger charge is 2.32. The van der Waals surface area contributed by atoms with Gasteiger partial charge in [0.1, 0.15) is 11.7 Å². The number of para-hydroxylation sites is 2. The van der Waals surface area contributed by atoms with Crippen LogP contribution >= 0.6 is 0 Å². The van der Waals surface area contributed by atoms with Crippen molar-refractivity contribution in [3.8, 4) is 0 Å². The van der Waals surface area contributed by atoms with E-state index in [2.05, 4.69) is 234 Å². The zero-order valence-electron chi connectivity index (χ0n) is 36.9. The number of nitrogens with one attached hydrogen (secondary N) is 1.